The van der Waals surface area contributed by atoms with Crippen molar-refractivity contribution in [3.8, 4) is 0 Å². The quantitative estimate of drug-likeness (QED) is 0.634. The average Bonchev–Trinajstić information content (AvgIpc) is 2.53. The SMILES string of the molecule is C=C(C)/C=C\C(=C)Cc1ccc2cccccc1/c(=C\C)cc2. The lowest BCUT2D eigenvalue weighted by molar-refractivity contribution is 1.22. The van der Waals surface area contributed by atoms with E-state index in [1.807, 2.05) is 13.0 Å². The zero-order valence-corrected chi connectivity index (χ0v) is 14.0. The van der Waals surface area contributed by atoms with E-state index in [-0.39, 0.29) is 0 Å². The zero-order valence-electron chi connectivity index (χ0n) is 14.0. The van der Waals surface area contributed by atoms with Crippen LogP contribution in [-0.2, 0) is 6.42 Å². The standard InChI is InChI=1S/C23H24/c1-5-21-15-13-20-9-7-6-8-10-23(21)22(16-14-20)17-19(4)12-11-18(2)3/h5-16H,2,4,17H2,1,3H3/b7-6?,8-6?,9-7?,10-8?,12-11-,15-13?,16-14?,20-9?,20-14?,21-5-,22-16?,23-10?,23-22?. The molecule has 3 aromatic rings. The minimum absolute atomic E-state index is 0.822. The van der Waals surface area contributed by atoms with Crippen molar-refractivity contribution < 1.29 is 0 Å². The van der Waals surface area contributed by atoms with Crippen molar-refractivity contribution in [3.05, 3.63) is 102 Å². The molecular formula is C23H24. The second-order valence-electron chi connectivity index (χ2n) is 5.77. The molecule has 0 atom stereocenters. The van der Waals surface area contributed by atoms with E-state index in [0.717, 1.165) is 17.6 Å². The summed E-state index contributed by atoms with van der Waals surface area (Å²) in [5.41, 5.74) is 3.39. The van der Waals surface area contributed by atoms with Gasteiger partial charge in [-0.2, -0.15) is 0 Å². The normalized spacial score (nSPS) is 11.7. The molecule has 0 unspecified atom stereocenters. The molecular weight excluding hydrogens is 276 g/mol. The van der Waals surface area contributed by atoms with Gasteiger partial charge in [0, 0.05) is 0 Å². The first-order chi connectivity index (χ1) is 11.1. The molecule has 0 saturated heterocycles. The molecule has 0 heterocycles. The van der Waals surface area contributed by atoms with Crippen molar-refractivity contribution in [3.63, 3.8) is 0 Å². The summed E-state index contributed by atoms with van der Waals surface area (Å²) in [6, 6.07) is 19.2. The molecule has 3 aromatic carbocycles. The molecule has 3 rings (SSSR count). The Hall–Kier alpha value is -2.60. The van der Waals surface area contributed by atoms with Gasteiger partial charge in [0.25, 0.3) is 0 Å². The molecule has 0 aliphatic rings. The molecule has 0 nitrogen and oxygen atoms in total. The summed E-state index contributed by atoms with van der Waals surface area (Å²) in [7, 11) is 0. The third-order valence-electron chi connectivity index (χ3n) is 3.70. The molecule has 0 heteroatoms. The Morgan fingerprint density at radius 1 is 0.913 bits per heavy atom. The van der Waals surface area contributed by atoms with Gasteiger partial charge in [-0.3, -0.25) is 0 Å². The van der Waals surface area contributed by atoms with Gasteiger partial charge >= 0.3 is 0 Å². The maximum atomic E-state index is 4.19. The second-order valence-corrected chi connectivity index (χ2v) is 5.77. The smallest absolute Gasteiger partial charge is 0.00255 e. The molecule has 0 aliphatic carbocycles. The summed E-state index contributed by atoms with van der Waals surface area (Å²) in [6.07, 6.45) is 7.04. The van der Waals surface area contributed by atoms with E-state index >= 15 is 0 Å². The van der Waals surface area contributed by atoms with Crippen LogP contribution >= 0.6 is 0 Å². The first-order valence-electron chi connectivity index (χ1n) is 7.92. The van der Waals surface area contributed by atoms with Crippen LogP contribution in [0.4, 0.5) is 0 Å². The molecule has 23 heavy (non-hydrogen) atoms. The molecule has 0 fully saturated rings. The maximum absolute atomic E-state index is 4.19. The number of rotatable bonds is 4. The number of allylic oxidation sites excluding steroid dienone is 4. The van der Waals surface area contributed by atoms with Gasteiger partial charge in [-0.25, -0.2) is 0 Å². The van der Waals surface area contributed by atoms with Crippen LogP contribution in [0.3, 0.4) is 0 Å². The van der Waals surface area contributed by atoms with E-state index in [0.29, 0.717) is 0 Å². The molecule has 0 aliphatic heterocycles. The summed E-state index contributed by atoms with van der Waals surface area (Å²) >= 11 is 0. The summed E-state index contributed by atoms with van der Waals surface area (Å²) in [5, 5.41) is 3.67. The molecule has 0 amide bonds. The zero-order chi connectivity index (χ0) is 16.7. The number of fused-ring (bicyclic) bond motifs is 8. The van der Waals surface area contributed by atoms with Gasteiger partial charge < -0.3 is 0 Å². The van der Waals surface area contributed by atoms with Crippen LogP contribution in [0.1, 0.15) is 19.4 Å². The van der Waals surface area contributed by atoms with Crippen LogP contribution in [-0.4, -0.2) is 0 Å². The average molecular weight is 300 g/mol. The minimum Gasteiger partial charge on any atom is -0.0961 e. The van der Waals surface area contributed by atoms with E-state index in [2.05, 4.69) is 86.8 Å². The van der Waals surface area contributed by atoms with Crippen LogP contribution in [0.5, 0.6) is 0 Å². The highest BCUT2D eigenvalue weighted by molar-refractivity contribution is 5.65. The van der Waals surface area contributed by atoms with E-state index < -0.39 is 0 Å². The van der Waals surface area contributed by atoms with E-state index in [4.69, 9.17) is 0 Å². The van der Waals surface area contributed by atoms with Gasteiger partial charge in [-0.1, -0.05) is 97.1 Å². The summed E-state index contributed by atoms with van der Waals surface area (Å²) in [4.78, 5) is 0. The topological polar surface area (TPSA) is 0 Å². The third kappa shape index (κ3) is 4.96. The van der Waals surface area contributed by atoms with Crippen LogP contribution in [0.2, 0.25) is 0 Å². The second kappa shape index (κ2) is 8.14. The molecule has 0 N–H and O–H groups in total. The molecule has 0 spiro atoms. The van der Waals surface area contributed by atoms with Crippen LogP contribution in [0.15, 0.2) is 91.1 Å². The molecule has 0 radical (unpaired) electrons. The van der Waals surface area contributed by atoms with E-state index in [9.17, 15) is 0 Å². The van der Waals surface area contributed by atoms with E-state index in [1.165, 1.54) is 21.6 Å². The van der Waals surface area contributed by atoms with Crippen LogP contribution < -0.4 is 5.22 Å². The molecule has 116 valence electrons. The van der Waals surface area contributed by atoms with Gasteiger partial charge in [-0.05, 0) is 41.8 Å². The van der Waals surface area contributed by atoms with Gasteiger partial charge in [-0.15, -0.1) is 0 Å². The summed E-state index contributed by atoms with van der Waals surface area (Å²) in [5.74, 6) is 0. The lowest BCUT2D eigenvalue weighted by atomic mass is 10.0. The highest BCUT2D eigenvalue weighted by atomic mass is 14.0. The van der Waals surface area contributed by atoms with Crippen molar-refractivity contribution in [2.45, 2.75) is 20.3 Å². The van der Waals surface area contributed by atoms with Gasteiger partial charge in [0.15, 0.2) is 0 Å². The molecule has 2 bridgehead atoms. The van der Waals surface area contributed by atoms with Gasteiger partial charge in [0.1, 0.15) is 0 Å². The number of hydrogen-bond donors (Lipinski definition) is 0. The van der Waals surface area contributed by atoms with Crippen molar-refractivity contribution >= 4 is 16.8 Å². The fourth-order valence-corrected chi connectivity index (χ4v) is 2.47. The Kier molecular flexibility index (Phi) is 5.94. The van der Waals surface area contributed by atoms with Gasteiger partial charge in [0.2, 0.25) is 0 Å². The first kappa shape index (κ1) is 16.8. The minimum atomic E-state index is 0.822. The summed E-state index contributed by atoms with van der Waals surface area (Å²) < 4.78 is 0. The maximum Gasteiger partial charge on any atom is -0.00255 e. The van der Waals surface area contributed by atoms with Crippen molar-refractivity contribution in [1.82, 2.24) is 0 Å². The lowest BCUT2D eigenvalue weighted by Gasteiger charge is -2.04. The third-order valence-corrected chi connectivity index (χ3v) is 3.70. The predicted octanol–water partition coefficient (Wildman–Crippen LogP) is 5.71. The Bertz CT molecular complexity index is 849. The highest BCUT2D eigenvalue weighted by Gasteiger charge is 1.98. The number of hydrogen-bond acceptors (Lipinski definition) is 0. The van der Waals surface area contributed by atoms with Gasteiger partial charge in [0.05, 0.1) is 0 Å². The first-order valence-corrected chi connectivity index (χ1v) is 7.92. The largest absolute Gasteiger partial charge is 0.0961 e. The molecule has 0 aromatic heterocycles. The monoisotopic (exact) mass is 300 g/mol. The lowest BCUT2D eigenvalue weighted by Crippen LogP contribution is -2.01. The van der Waals surface area contributed by atoms with Crippen LogP contribution in [0, 0.1) is 0 Å². The molecule has 0 saturated carbocycles. The Labute approximate surface area is 139 Å². The predicted molar refractivity (Wildman–Crippen MR) is 104 cm³/mol. The van der Waals surface area contributed by atoms with E-state index in [1.54, 1.807) is 0 Å². The Morgan fingerprint density at radius 2 is 1.65 bits per heavy atom. The van der Waals surface area contributed by atoms with Crippen molar-refractivity contribution in [2.75, 3.05) is 0 Å². The van der Waals surface area contributed by atoms with Crippen molar-refractivity contribution in [2.24, 2.45) is 0 Å². The fourth-order valence-electron chi connectivity index (χ4n) is 2.47. The highest BCUT2D eigenvalue weighted by Crippen LogP contribution is 2.13. The van der Waals surface area contributed by atoms with Crippen molar-refractivity contribution in [1.29, 1.82) is 0 Å². The van der Waals surface area contributed by atoms with Crippen LogP contribution in [0.25, 0.3) is 16.8 Å². The Morgan fingerprint density at radius 3 is 2.39 bits per heavy atom. The summed E-state index contributed by atoms with van der Waals surface area (Å²) in [6.45, 7) is 12.2. The Balaban J connectivity index is 2.65. The fraction of sp³-hybridized carbons (Fsp3) is 0.130.